The highest BCUT2D eigenvalue weighted by Crippen LogP contribution is 2.12. The third kappa shape index (κ3) is 2.71. The molecule has 112 valence electrons. The van der Waals surface area contributed by atoms with Crippen LogP contribution in [0.3, 0.4) is 0 Å². The van der Waals surface area contributed by atoms with Crippen LogP contribution in [-0.2, 0) is 11.3 Å². The average Bonchev–Trinajstić information content (AvgIpc) is 2.96. The third-order valence-electron chi connectivity index (χ3n) is 2.97. The average molecular weight is 299 g/mol. The number of aromatic nitrogens is 5. The molecule has 8 heteroatoms. The molecule has 0 saturated carbocycles. The maximum atomic E-state index is 12.2. The van der Waals surface area contributed by atoms with Gasteiger partial charge in [-0.25, -0.2) is 14.3 Å². The summed E-state index contributed by atoms with van der Waals surface area (Å²) in [4.78, 5) is 24.3. The predicted molar refractivity (Wildman–Crippen MR) is 75.4 cm³/mol. The number of hydrogen-bond acceptors (Lipinski definition) is 7. The highest BCUT2D eigenvalue weighted by atomic mass is 16.5. The first-order valence-corrected chi connectivity index (χ1v) is 6.50. The lowest BCUT2D eigenvalue weighted by atomic mass is 10.3. The molecular formula is C14H13N5O3. The van der Waals surface area contributed by atoms with E-state index in [1.165, 1.54) is 13.3 Å². The Bertz CT molecular complexity index is 830. The highest BCUT2D eigenvalue weighted by Gasteiger charge is 2.15. The first-order chi connectivity index (χ1) is 10.7. The van der Waals surface area contributed by atoms with Crippen molar-refractivity contribution >= 4 is 11.5 Å². The molecule has 22 heavy (non-hydrogen) atoms. The van der Waals surface area contributed by atoms with Gasteiger partial charge in [0.15, 0.2) is 0 Å². The van der Waals surface area contributed by atoms with Gasteiger partial charge in [-0.05, 0) is 13.0 Å². The Hall–Kier alpha value is -3.03. The fourth-order valence-corrected chi connectivity index (χ4v) is 1.98. The van der Waals surface area contributed by atoms with Crippen LogP contribution in [0.1, 0.15) is 21.7 Å². The van der Waals surface area contributed by atoms with Gasteiger partial charge in [0.05, 0.1) is 30.7 Å². The molecule has 3 aromatic rings. The summed E-state index contributed by atoms with van der Waals surface area (Å²) in [6, 6.07) is 1.97. The number of aryl methyl sites for hydroxylation is 1. The number of carbonyl (C=O) groups is 1. The lowest BCUT2D eigenvalue weighted by Gasteiger charge is -2.06. The molecule has 3 rings (SSSR count). The summed E-state index contributed by atoms with van der Waals surface area (Å²) < 4.78 is 11.8. The number of hydrogen-bond donors (Lipinski definition) is 0. The molecule has 0 aliphatic rings. The van der Waals surface area contributed by atoms with E-state index >= 15 is 0 Å². The van der Waals surface area contributed by atoms with Crippen LogP contribution < -0.4 is 4.74 Å². The van der Waals surface area contributed by atoms with Crippen molar-refractivity contribution in [2.45, 2.75) is 13.5 Å². The van der Waals surface area contributed by atoms with Crippen molar-refractivity contribution in [2.75, 3.05) is 7.11 Å². The molecule has 0 amide bonds. The minimum atomic E-state index is -0.488. The van der Waals surface area contributed by atoms with Crippen molar-refractivity contribution in [1.82, 2.24) is 24.6 Å². The molecule has 8 nitrogen and oxygen atoms in total. The van der Waals surface area contributed by atoms with E-state index in [9.17, 15) is 4.79 Å². The Morgan fingerprint density at radius 2 is 2.18 bits per heavy atom. The Labute approximate surface area is 125 Å². The van der Waals surface area contributed by atoms with Crippen molar-refractivity contribution in [2.24, 2.45) is 0 Å². The summed E-state index contributed by atoms with van der Waals surface area (Å²) in [5, 5.41) is 4.07. The van der Waals surface area contributed by atoms with Crippen LogP contribution in [0.15, 0.2) is 30.9 Å². The molecule has 0 radical (unpaired) electrons. The standard InChI is InChI=1S/C14H13N5O3/c1-9-5-10(18-14(17-9)21-2)8-22-13(20)11-6-16-19-4-3-15-7-12(11)19/h3-7H,8H2,1-2H3. The highest BCUT2D eigenvalue weighted by molar-refractivity contribution is 5.96. The molecule has 0 spiro atoms. The van der Waals surface area contributed by atoms with Crippen LogP contribution in [-0.4, -0.2) is 37.6 Å². The number of esters is 1. The summed E-state index contributed by atoms with van der Waals surface area (Å²) in [5.74, 6) is -0.488. The lowest BCUT2D eigenvalue weighted by Crippen LogP contribution is -2.07. The summed E-state index contributed by atoms with van der Waals surface area (Å²) in [5.41, 5.74) is 2.24. The van der Waals surface area contributed by atoms with Gasteiger partial charge in [-0.3, -0.25) is 4.98 Å². The van der Waals surface area contributed by atoms with Gasteiger partial charge in [0.1, 0.15) is 12.2 Å². The van der Waals surface area contributed by atoms with Gasteiger partial charge in [-0.2, -0.15) is 10.1 Å². The zero-order valence-corrected chi connectivity index (χ0v) is 12.1. The van der Waals surface area contributed by atoms with E-state index < -0.39 is 5.97 Å². The van der Waals surface area contributed by atoms with Crippen molar-refractivity contribution in [1.29, 1.82) is 0 Å². The number of rotatable bonds is 4. The minimum absolute atomic E-state index is 0.0240. The van der Waals surface area contributed by atoms with Gasteiger partial charge >= 0.3 is 12.0 Å². The summed E-state index contributed by atoms with van der Waals surface area (Å²) in [7, 11) is 1.48. The fraction of sp³-hybridized carbons (Fsp3) is 0.214. The van der Waals surface area contributed by atoms with Crippen LogP contribution >= 0.6 is 0 Å². The number of fused-ring (bicyclic) bond motifs is 1. The summed E-state index contributed by atoms with van der Waals surface area (Å²) in [6.45, 7) is 1.84. The number of methoxy groups -OCH3 is 1. The van der Waals surface area contributed by atoms with Gasteiger partial charge in [0.25, 0.3) is 0 Å². The maximum Gasteiger partial charge on any atom is 0.342 e. The van der Waals surface area contributed by atoms with Crippen LogP contribution in [0.25, 0.3) is 5.52 Å². The van der Waals surface area contributed by atoms with Gasteiger partial charge in [0.2, 0.25) is 0 Å². The quantitative estimate of drug-likeness (QED) is 0.668. The molecule has 3 aromatic heterocycles. The number of nitrogens with zero attached hydrogens (tertiary/aromatic N) is 5. The smallest absolute Gasteiger partial charge is 0.342 e. The van der Waals surface area contributed by atoms with E-state index in [1.54, 1.807) is 29.2 Å². The van der Waals surface area contributed by atoms with Crippen molar-refractivity contribution in [3.63, 3.8) is 0 Å². The maximum absolute atomic E-state index is 12.2. The van der Waals surface area contributed by atoms with Gasteiger partial charge in [0, 0.05) is 18.1 Å². The first kappa shape index (κ1) is 13.9. The lowest BCUT2D eigenvalue weighted by molar-refractivity contribution is 0.0469. The Kier molecular flexibility index (Phi) is 3.65. The van der Waals surface area contributed by atoms with E-state index in [0.29, 0.717) is 16.8 Å². The first-order valence-electron chi connectivity index (χ1n) is 6.50. The molecule has 0 bridgehead atoms. The normalized spacial score (nSPS) is 10.6. The monoisotopic (exact) mass is 299 g/mol. The summed E-state index contributed by atoms with van der Waals surface area (Å²) in [6.07, 6.45) is 6.25. The van der Waals surface area contributed by atoms with Crippen LogP contribution in [0, 0.1) is 6.92 Å². The topological polar surface area (TPSA) is 91.5 Å². The molecule has 0 unspecified atom stereocenters. The molecular weight excluding hydrogens is 286 g/mol. The van der Waals surface area contributed by atoms with Crippen LogP contribution in [0.5, 0.6) is 6.01 Å². The van der Waals surface area contributed by atoms with Crippen molar-refractivity contribution < 1.29 is 14.3 Å². The predicted octanol–water partition coefficient (Wildman–Crippen LogP) is 1.19. The molecule has 3 heterocycles. The Morgan fingerprint density at radius 3 is 3.00 bits per heavy atom. The molecule has 0 aliphatic carbocycles. The second kappa shape index (κ2) is 5.76. The molecule has 0 aromatic carbocycles. The van der Waals surface area contributed by atoms with E-state index in [1.807, 2.05) is 6.92 Å². The van der Waals surface area contributed by atoms with Crippen molar-refractivity contribution in [3.05, 3.63) is 47.8 Å². The zero-order valence-electron chi connectivity index (χ0n) is 12.1. The second-order valence-corrected chi connectivity index (χ2v) is 4.53. The van der Waals surface area contributed by atoms with Gasteiger partial charge < -0.3 is 9.47 Å². The van der Waals surface area contributed by atoms with E-state index in [0.717, 1.165) is 5.69 Å². The van der Waals surface area contributed by atoms with Crippen LogP contribution in [0.2, 0.25) is 0 Å². The van der Waals surface area contributed by atoms with Crippen molar-refractivity contribution in [3.8, 4) is 6.01 Å². The van der Waals surface area contributed by atoms with Gasteiger partial charge in [-0.15, -0.1) is 0 Å². The zero-order chi connectivity index (χ0) is 15.5. The number of carbonyl (C=O) groups excluding carboxylic acids is 1. The van der Waals surface area contributed by atoms with Crippen LogP contribution in [0.4, 0.5) is 0 Å². The van der Waals surface area contributed by atoms with E-state index in [-0.39, 0.29) is 12.6 Å². The largest absolute Gasteiger partial charge is 0.467 e. The van der Waals surface area contributed by atoms with Gasteiger partial charge in [-0.1, -0.05) is 0 Å². The van der Waals surface area contributed by atoms with E-state index in [2.05, 4.69) is 20.1 Å². The Morgan fingerprint density at radius 1 is 1.32 bits per heavy atom. The second-order valence-electron chi connectivity index (χ2n) is 4.53. The molecule has 0 atom stereocenters. The SMILES string of the molecule is COc1nc(C)cc(COC(=O)c2cnn3ccncc23)n1. The third-order valence-corrected chi connectivity index (χ3v) is 2.97. The number of ether oxygens (including phenoxy) is 2. The van der Waals surface area contributed by atoms with E-state index in [4.69, 9.17) is 9.47 Å². The summed E-state index contributed by atoms with van der Waals surface area (Å²) >= 11 is 0. The Balaban J connectivity index is 1.76. The fourth-order valence-electron chi connectivity index (χ4n) is 1.98. The molecule has 0 saturated heterocycles. The minimum Gasteiger partial charge on any atom is -0.467 e. The molecule has 0 N–H and O–H groups in total. The molecule has 0 fully saturated rings. The molecule has 0 aliphatic heterocycles.